The lowest BCUT2D eigenvalue weighted by molar-refractivity contribution is -0.384. The quantitative estimate of drug-likeness (QED) is 0.320. The number of H-pyrrole nitrogens is 1. The van der Waals surface area contributed by atoms with E-state index in [-0.39, 0.29) is 28.9 Å². The lowest BCUT2D eigenvalue weighted by atomic mass is 10.0. The molecule has 176 valence electrons. The zero-order valence-electron chi connectivity index (χ0n) is 18.6. The van der Waals surface area contributed by atoms with Gasteiger partial charge in [0.2, 0.25) is 0 Å². The maximum Gasteiger partial charge on any atom is 0.411 e. The molecule has 0 saturated heterocycles. The van der Waals surface area contributed by atoms with E-state index in [0.717, 1.165) is 13.2 Å². The van der Waals surface area contributed by atoms with Crippen LogP contribution in [-0.2, 0) is 9.47 Å². The normalized spacial score (nSPS) is 11.8. The highest BCUT2D eigenvalue weighted by molar-refractivity contribution is 5.87. The maximum absolute atomic E-state index is 12.5. The highest BCUT2D eigenvalue weighted by Crippen LogP contribution is 2.31. The lowest BCUT2D eigenvalue weighted by Gasteiger charge is -2.23. The van der Waals surface area contributed by atoms with Gasteiger partial charge in [-0.1, -0.05) is 6.08 Å². The number of nitrogens with zero attached hydrogens (tertiary/aromatic N) is 2. The number of carbonyl (C=O) groups excluding carboxylic acids is 2. The van der Waals surface area contributed by atoms with Crippen LogP contribution in [0.2, 0.25) is 0 Å². The molecule has 1 aromatic carbocycles. The molecule has 12 heteroatoms. The molecule has 12 nitrogen and oxygen atoms in total. The average Bonchev–Trinajstić information content (AvgIpc) is 2.72. The Morgan fingerprint density at radius 2 is 1.97 bits per heavy atom. The van der Waals surface area contributed by atoms with Crippen LogP contribution in [0.3, 0.4) is 0 Å². The number of aromatic nitrogens is 2. The van der Waals surface area contributed by atoms with Crippen molar-refractivity contribution in [1.82, 2.24) is 15.5 Å². The van der Waals surface area contributed by atoms with Crippen molar-refractivity contribution >= 4 is 23.6 Å². The minimum Gasteiger partial charge on any atom is -0.453 e. The number of aromatic amines is 1. The molecule has 0 spiro atoms. The molecule has 2 amide bonds. The summed E-state index contributed by atoms with van der Waals surface area (Å²) in [6.45, 7) is 8.79. The SMILES string of the molecule is C=CC[C@H](NC(=O)OC(C)(C)C)c1cc(-c2ccc(NC(=O)OC)cc2[N+](=O)[O-])c(=O)[nH]n1. The molecule has 3 N–H and O–H groups in total. The van der Waals surface area contributed by atoms with E-state index in [2.05, 4.69) is 32.1 Å². The first-order valence-corrected chi connectivity index (χ1v) is 9.79. The summed E-state index contributed by atoms with van der Waals surface area (Å²) in [5.74, 6) is 0. The van der Waals surface area contributed by atoms with E-state index in [1.807, 2.05) is 0 Å². The molecule has 0 bridgehead atoms. The van der Waals surface area contributed by atoms with Gasteiger partial charge in [0, 0.05) is 6.07 Å². The molecule has 1 aromatic heterocycles. The summed E-state index contributed by atoms with van der Waals surface area (Å²) in [5.41, 5.74) is -1.53. The van der Waals surface area contributed by atoms with Gasteiger partial charge in [0.1, 0.15) is 5.60 Å². The van der Waals surface area contributed by atoms with E-state index >= 15 is 0 Å². The summed E-state index contributed by atoms with van der Waals surface area (Å²) in [5, 5.41) is 22.9. The van der Waals surface area contributed by atoms with Crippen molar-refractivity contribution in [2.75, 3.05) is 12.4 Å². The summed E-state index contributed by atoms with van der Waals surface area (Å²) in [7, 11) is 1.15. The molecule has 0 unspecified atom stereocenters. The van der Waals surface area contributed by atoms with Gasteiger partial charge >= 0.3 is 12.2 Å². The number of rotatable bonds is 7. The van der Waals surface area contributed by atoms with Crippen LogP contribution < -0.4 is 16.2 Å². The molecular weight excluding hydrogens is 434 g/mol. The number of amides is 2. The standard InChI is InChI=1S/C21H25N5O7/c1-6-7-15(23-20(29)33-21(2,3)4)16-11-14(18(27)25-24-16)13-9-8-12(22-19(28)32-5)10-17(13)26(30)31/h6,8-11,15H,1,7H2,2-5H3,(H,22,28)(H,23,29)(H,25,27)/t15-/m0/s1. The van der Waals surface area contributed by atoms with Gasteiger partial charge in [-0.05, 0) is 45.4 Å². The predicted octanol–water partition coefficient (Wildman–Crippen LogP) is 3.67. The molecule has 0 aliphatic carbocycles. The van der Waals surface area contributed by atoms with Crippen LogP contribution in [0.1, 0.15) is 38.9 Å². The third-order valence-corrected chi connectivity index (χ3v) is 4.19. The van der Waals surface area contributed by atoms with Crippen LogP contribution in [0.25, 0.3) is 11.1 Å². The van der Waals surface area contributed by atoms with Crippen molar-refractivity contribution in [3.63, 3.8) is 0 Å². The van der Waals surface area contributed by atoms with Crippen LogP contribution in [0.4, 0.5) is 21.0 Å². The number of hydrogen-bond acceptors (Lipinski definition) is 8. The largest absolute Gasteiger partial charge is 0.453 e. The highest BCUT2D eigenvalue weighted by atomic mass is 16.6. The van der Waals surface area contributed by atoms with Crippen molar-refractivity contribution in [1.29, 1.82) is 0 Å². The van der Waals surface area contributed by atoms with Crippen molar-refractivity contribution in [2.24, 2.45) is 0 Å². The maximum atomic E-state index is 12.5. The van der Waals surface area contributed by atoms with Crippen LogP contribution >= 0.6 is 0 Å². The molecule has 1 atom stereocenters. The Labute approximate surface area is 189 Å². The summed E-state index contributed by atoms with van der Waals surface area (Å²) < 4.78 is 9.74. The van der Waals surface area contributed by atoms with Gasteiger partial charge in [0.05, 0.1) is 40.6 Å². The second kappa shape index (κ2) is 10.4. The van der Waals surface area contributed by atoms with Crippen molar-refractivity contribution in [3.05, 3.63) is 63.1 Å². The van der Waals surface area contributed by atoms with E-state index in [1.54, 1.807) is 26.8 Å². The van der Waals surface area contributed by atoms with E-state index in [9.17, 15) is 24.5 Å². The number of nitrogens with one attached hydrogen (secondary N) is 3. The minimum absolute atomic E-state index is 0.00469. The van der Waals surface area contributed by atoms with Gasteiger partial charge in [0.25, 0.3) is 11.2 Å². The fourth-order valence-electron chi connectivity index (χ4n) is 2.83. The lowest BCUT2D eigenvalue weighted by Crippen LogP contribution is -2.35. The summed E-state index contributed by atoms with van der Waals surface area (Å²) in [6.07, 6.45) is 0.293. The van der Waals surface area contributed by atoms with E-state index < -0.39 is 40.0 Å². The molecule has 1 heterocycles. The highest BCUT2D eigenvalue weighted by Gasteiger charge is 2.24. The van der Waals surface area contributed by atoms with Gasteiger partial charge in [0.15, 0.2) is 0 Å². The topological polar surface area (TPSA) is 166 Å². The smallest absolute Gasteiger partial charge is 0.411 e. The number of hydrogen-bond donors (Lipinski definition) is 3. The second-order valence-corrected chi connectivity index (χ2v) is 7.86. The Balaban J connectivity index is 2.49. The molecule has 0 fully saturated rings. The number of anilines is 1. The molecule has 2 rings (SSSR count). The molecule has 33 heavy (non-hydrogen) atoms. The molecule has 0 aliphatic rings. The first-order chi connectivity index (χ1) is 15.4. The van der Waals surface area contributed by atoms with Crippen molar-refractivity contribution < 1.29 is 24.0 Å². The number of alkyl carbamates (subject to hydrolysis) is 1. The molecule has 0 aliphatic heterocycles. The number of nitro benzene ring substituents is 1. The van der Waals surface area contributed by atoms with Crippen LogP contribution in [0.15, 0.2) is 41.7 Å². The third-order valence-electron chi connectivity index (χ3n) is 4.19. The number of nitro groups is 1. The van der Waals surface area contributed by atoms with Crippen LogP contribution in [-0.4, -0.2) is 40.0 Å². The van der Waals surface area contributed by atoms with Crippen molar-refractivity contribution in [3.8, 4) is 11.1 Å². The first kappa shape index (κ1) is 25.0. The summed E-state index contributed by atoms with van der Waals surface area (Å²) in [6, 6.07) is 4.44. The second-order valence-electron chi connectivity index (χ2n) is 7.86. The number of methoxy groups -OCH3 is 1. The minimum atomic E-state index is -0.804. The molecule has 2 aromatic rings. The third kappa shape index (κ3) is 6.89. The zero-order chi connectivity index (χ0) is 24.8. The number of ether oxygens (including phenoxy) is 2. The Kier molecular flexibility index (Phi) is 7.89. The van der Waals surface area contributed by atoms with Gasteiger partial charge in [-0.25, -0.2) is 14.7 Å². The average molecular weight is 459 g/mol. The predicted molar refractivity (Wildman–Crippen MR) is 120 cm³/mol. The van der Waals surface area contributed by atoms with E-state index in [4.69, 9.17) is 4.74 Å². The van der Waals surface area contributed by atoms with E-state index in [0.29, 0.717) is 0 Å². The number of benzene rings is 1. The summed E-state index contributed by atoms with van der Waals surface area (Å²) >= 11 is 0. The van der Waals surface area contributed by atoms with E-state index in [1.165, 1.54) is 18.2 Å². The van der Waals surface area contributed by atoms with Gasteiger partial charge < -0.3 is 14.8 Å². The van der Waals surface area contributed by atoms with Gasteiger partial charge in [-0.3, -0.25) is 20.2 Å². The van der Waals surface area contributed by atoms with Gasteiger partial charge in [-0.15, -0.1) is 6.58 Å². The zero-order valence-corrected chi connectivity index (χ0v) is 18.6. The first-order valence-electron chi connectivity index (χ1n) is 9.79. The Morgan fingerprint density at radius 3 is 2.55 bits per heavy atom. The Bertz CT molecular complexity index is 1120. The van der Waals surface area contributed by atoms with Crippen LogP contribution in [0, 0.1) is 10.1 Å². The molecule has 0 radical (unpaired) electrons. The Morgan fingerprint density at radius 1 is 1.27 bits per heavy atom. The molecular formula is C21H25N5O7. The Hall–Kier alpha value is -4.22. The fourth-order valence-corrected chi connectivity index (χ4v) is 2.83. The monoisotopic (exact) mass is 459 g/mol. The van der Waals surface area contributed by atoms with Crippen molar-refractivity contribution in [2.45, 2.75) is 38.8 Å². The summed E-state index contributed by atoms with van der Waals surface area (Å²) in [4.78, 5) is 47.1. The van der Waals surface area contributed by atoms with Gasteiger partial charge in [-0.2, -0.15) is 5.10 Å². The molecule has 0 saturated carbocycles. The fraction of sp³-hybridized carbons (Fsp3) is 0.333. The van der Waals surface area contributed by atoms with Crippen LogP contribution in [0.5, 0.6) is 0 Å². The number of carbonyl (C=O) groups is 2.